The number of benzene rings is 1. The number of sulfonamides is 1. The third kappa shape index (κ3) is 3.88. The highest BCUT2D eigenvalue weighted by atomic mass is 32.2. The zero-order valence-electron chi connectivity index (χ0n) is 11.5. The van der Waals surface area contributed by atoms with Crippen LogP contribution in [0.4, 0.5) is 18.9 Å². The average molecular weight is 322 g/mol. The Morgan fingerprint density at radius 1 is 1.29 bits per heavy atom. The van der Waals surface area contributed by atoms with E-state index in [-0.39, 0.29) is 10.8 Å². The lowest BCUT2D eigenvalue weighted by Gasteiger charge is -2.29. The zero-order chi connectivity index (χ0) is 15.8. The minimum absolute atomic E-state index is 0.00379. The molecule has 1 unspecified atom stereocenters. The molecule has 0 radical (unpaired) electrons. The molecule has 118 valence electrons. The predicted octanol–water partition coefficient (Wildman–Crippen LogP) is 2.62. The average Bonchev–Trinajstić information content (AvgIpc) is 3.18. The van der Waals surface area contributed by atoms with Gasteiger partial charge in [-0.05, 0) is 49.9 Å². The SMILES string of the molecule is CC(C1CC1)N(CC(F)(F)F)S(=O)(=O)c1ccc(N)cc1. The summed E-state index contributed by atoms with van der Waals surface area (Å²) >= 11 is 0. The molecule has 2 N–H and O–H groups in total. The summed E-state index contributed by atoms with van der Waals surface area (Å²) in [6.07, 6.45) is -3.07. The lowest BCUT2D eigenvalue weighted by molar-refractivity contribution is -0.139. The molecule has 0 amide bonds. The van der Waals surface area contributed by atoms with Crippen LogP contribution in [-0.2, 0) is 10.0 Å². The van der Waals surface area contributed by atoms with E-state index in [1.807, 2.05) is 0 Å². The fourth-order valence-electron chi connectivity index (χ4n) is 2.21. The molecule has 1 aliphatic rings. The van der Waals surface area contributed by atoms with Crippen LogP contribution in [0.3, 0.4) is 0 Å². The summed E-state index contributed by atoms with van der Waals surface area (Å²) in [7, 11) is -4.20. The van der Waals surface area contributed by atoms with Gasteiger partial charge in [0.05, 0.1) is 4.90 Å². The summed E-state index contributed by atoms with van der Waals surface area (Å²) in [4.78, 5) is -0.173. The maximum atomic E-state index is 12.7. The van der Waals surface area contributed by atoms with Crippen LogP contribution in [0.25, 0.3) is 0 Å². The summed E-state index contributed by atoms with van der Waals surface area (Å²) in [5.41, 5.74) is 5.83. The highest BCUT2D eigenvalue weighted by Gasteiger charge is 2.44. The van der Waals surface area contributed by atoms with E-state index in [0.29, 0.717) is 9.99 Å². The van der Waals surface area contributed by atoms with E-state index >= 15 is 0 Å². The second-order valence-electron chi connectivity index (χ2n) is 5.31. The van der Waals surface area contributed by atoms with E-state index in [2.05, 4.69) is 0 Å². The summed E-state index contributed by atoms with van der Waals surface area (Å²) < 4.78 is 63.7. The van der Waals surface area contributed by atoms with Gasteiger partial charge < -0.3 is 5.73 Å². The second kappa shape index (κ2) is 5.49. The van der Waals surface area contributed by atoms with E-state index in [1.165, 1.54) is 31.2 Å². The first-order valence-electron chi connectivity index (χ1n) is 6.55. The summed E-state index contributed by atoms with van der Waals surface area (Å²) in [5.74, 6) is -0.00379. The maximum absolute atomic E-state index is 12.7. The van der Waals surface area contributed by atoms with Crippen LogP contribution in [0.5, 0.6) is 0 Å². The summed E-state index contributed by atoms with van der Waals surface area (Å²) in [5, 5.41) is 0. The van der Waals surface area contributed by atoms with Gasteiger partial charge in [-0.15, -0.1) is 0 Å². The van der Waals surface area contributed by atoms with Gasteiger partial charge in [0.15, 0.2) is 0 Å². The molecule has 4 nitrogen and oxygen atoms in total. The van der Waals surface area contributed by atoms with E-state index in [9.17, 15) is 21.6 Å². The van der Waals surface area contributed by atoms with E-state index in [0.717, 1.165) is 12.8 Å². The second-order valence-corrected chi connectivity index (χ2v) is 7.20. The summed E-state index contributed by atoms with van der Waals surface area (Å²) in [6.45, 7) is 0.0512. The largest absolute Gasteiger partial charge is 0.402 e. The fraction of sp³-hybridized carbons (Fsp3) is 0.538. The van der Waals surface area contributed by atoms with E-state index in [4.69, 9.17) is 5.73 Å². The predicted molar refractivity (Wildman–Crippen MR) is 73.0 cm³/mol. The Hall–Kier alpha value is -1.28. The number of nitrogens with zero attached hydrogens (tertiary/aromatic N) is 1. The minimum Gasteiger partial charge on any atom is -0.399 e. The Morgan fingerprint density at radius 3 is 2.24 bits per heavy atom. The molecule has 0 saturated heterocycles. The minimum atomic E-state index is -4.58. The van der Waals surface area contributed by atoms with Gasteiger partial charge in [0.1, 0.15) is 6.54 Å². The molecule has 2 rings (SSSR count). The summed E-state index contributed by atoms with van der Waals surface area (Å²) in [6, 6.07) is 4.51. The molecule has 1 aromatic rings. The standard InChI is InChI=1S/C13H17F3N2O2S/c1-9(10-2-3-10)18(8-13(14,15)16)21(19,20)12-6-4-11(17)5-7-12/h4-7,9-10H,2-3,8,17H2,1H3. The van der Waals surface area contributed by atoms with Crippen molar-refractivity contribution in [1.82, 2.24) is 4.31 Å². The Kier molecular flexibility index (Phi) is 4.21. The van der Waals surface area contributed by atoms with Gasteiger partial charge in [-0.2, -0.15) is 17.5 Å². The molecule has 8 heteroatoms. The van der Waals surface area contributed by atoms with Gasteiger partial charge in [-0.1, -0.05) is 0 Å². The van der Waals surface area contributed by atoms with Gasteiger partial charge in [-0.25, -0.2) is 8.42 Å². The molecule has 1 atom stereocenters. The Balaban J connectivity index is 2.35. The van der Waals surface area contributed by atoms with Crippen LogP contribution in [-0.4, -0.2) is 31.5 Å². The number of nitrogens with two attached hydrogens (primary N) is 1. The third-order valence-electron chi connectivity index (χ3n) is 3.58. The van der Waals surface area contributed by atoms with Crippen LogP contribution >= 0.6 is 0 Å². The molecule has 1 aromatic carbocycles. The van der Waals surface area contributed by atoms with Crippen molar-refractivity contribution in [3.8, 4) is 0 Å². The number of hydrogen-bond acceptors (Lipinski definition) is 3. The maximum Gasteiger partial charge on any atom is 0.402 e. The normalized spacial score (nSPS) is 18.0. The van der Waals surface area contributed by atoms with Crippen LogP contribution in [0, 0.1) is 5.92 Å². The molecule has 0 spiro atoms. The Bertz CT molecular complexity index is 595. The monoisotopic (exact) mass is 322 g/mol. The highest BCUT2D eigenvalue weighted by molar-refractivity contribution is 7.89. The van der Waals surface area contributed by atoms with Crippen molar-refractivity contribution in [2.75, 3.05) is 12.3 Å². The number of halogens is 3. The van der Waals surface area contributed by atoms with Crippen molar-refractivity contribution in [2.45, 2.75) is 36.9 Å². The molecule has 0 aliphatic heterocycles. The van der Waals surface area contributed by atoms with Gasteiger partial charge in [0.2, 0.25) is 10.0 Å². The first-order valence-corrected chi connectivity index (χ1v) is 7.99. The smallest absolute Gasteiger partial charge is 0.399 e. The third-order valence-corrected chi connectivity index (χ3v) is 5.53. The van der Waals surface area contributed by atoms with Gasteiger partial charge >= 0.3 is 6.18 Å². The Morgan fingerprint density at radius 2 is 1.81 bits per heavy atom. The molecule has 1 aliphatic carbocycles. The lowest BCUT2D eigenvalue weighted by Crippen LogP contribution is -2.45. The van der Waals surface area contributed by atoms with Crippen LogP contribution in [0.2, 0.25) is 0 Å². The van der Waals surface area contributed by atoms with Crippen molar-refractivity contribution in [3.63, 3.8) is 0 Å². The van der Waals surface area contributed by atoms with Crippen molar-refractivity contribution in [2.24, 2.45) is 5.92 Å². The topological polar surface area (TPSA) is 63.4 Å². The van der Waals surface area contributed by atoms with Crippen LogP contribution in [0.15, 0.2) is 29.2 Å². The van der Waals surface area contributed by atoms with Gasteiger partial charge in [0, 0.05) is 11.7 Å². The van der Waals surface area contributed by atoms with Crippen molar-refractivity contribution < 1.29 is 21.6 Å². The fourth-order valence-corrected chi connectivity index (χ4v) is 3.89. The zero-order valence-corrected chi connectivity index (χ0v) is 12.3. The molecule has 0 bridgehead atoms. The molecule has 1 saturated carbocycles. The number of rotatable bonds is 5. The van der Waals surface area contributed by atoms with Gasteiger partial charge in [0.25, 0.3) is 0 Å². The lowest BCUT2D eigenvalue weighted by atomic mass is 10.2. The molecule has 0 heterocycles. The molecule has 0 aromatic heterocycles. The van der Waals surface area contributed by atoms with Crippen molar-refractivity contribution >= 4 is 15.7 Å². The number of nitrogen functional groups attached to an aromatic ring is 1. The van der Waals surface area contributed by atoms with Crippen molar-refractivity contribution in [1.29, 1.82) is 0 Å². The van der Waals surface area contributed by atoms with Gasteiger partial charge in [-0.3, -0.25) is 0 Å². The number of hydrogen-bond donors (Lipinski definition) is 1. The van der Waals surface area contributed by atoms with E-state index in [1.54, 1.807) is 0 Å². The van der Waals surface area contributed by atoms with Crippen LogP contribution in [0.1, 0.15) is 19.8 Å². The first kappa shape index (κ1) is 16.1. The Labute approximate surface area is 121 Å². The quantitative estimate of drug-likeness (QED) is 0.848. The number of alkyl halides is 3. The number of anilines is 1. The molecule has 1 fully saturated rings. The molecular weight excluding hydrogens is 305 g/mol. The van der Waals surface area contributed by atoms with E-state index < -0.39 is 28.8 Å². The molecular formula is C13H17F3N2O2S. The van der Waals surface area contributed by atoms with Crippen LogP contribution < -0.4 is 5.73 Å². The molecule has 21 heavy (non-hydrogen) atoms. The highest BCUT2D eigenvalue weighted by Crippen LogP contribution is 2.38. The van der Waals surface area contributed by atoms with Crippen molar-refractivity contribution in [3.05, 3.63) is 24.3 Å². The first-order chi connectivity index (χ1) is 9.61.